The van der Waals surface area contributed by atoms with Crippen LogP contribution in [0.4, 0.5) is 11.6 Å². The summed E-state index contributed by atoms with van der Waals surface area (Å²) in [6.45, 7) is 2.40. The van der Waals surface area contributed by atoms with Crippen LogP contribution in [0.2, 0.25) is 0 Å². The van der Waals surface area contributed by atoms with E-state index < -0.39 is 0 Å². The summed E-state index contributed by atoms with van der Waals surface area (Å²) in [7, 11) is 1.60. The zero-order valence-corrected chi connectivity index (χ0v) is 11.3. The topological polar surface area (TPSA) is 76.3 Å². The molecule has 2 unspecified atom stereocenters. The van der Waals surface area contributed by atoms with Gasteiger partial charge in [0.1, 0.15) is 6.33 Å². The van der Waals surface area contributed by atoms with E-state index in [-0.39, 0.29) is 0 Å². The first-order valence-corrected chi connectivity index (χ1v) is 6.94. The Morgan fingerprint density at radius 3 is 3.05 bits per heavy atom. The summed E-state index contributed by atoms with van der Waals surface area (Å²) in [6.07, 6.45) is 6.54. The van der Waals surface area contributed by atoms with Crippen LogP contribution in [-0.2, 0) is 0 Å². The molecule has 2 fully saturated rings. The summed E-state index contributed by atoms with van der Waals surface area (Å²) in [5.41, 5.74) is 5.81. The van der Waals surface area contributed by atoms with Gasteiger partial charge in [0.05, 0.1) is 7.11 Å². The van der Waals surface area contributed by atoms with E-state index in [1.54, 1.807) is 7.11 Å². The Balaban J connectivity index is 1.76. The Bertz CT molecular complexity index is 453. The normalized spacial score (nSPS) is 27.0. The molecule has 19 heavy (non-hydrogen) atoms. The lowest BCUT2D eigenvalue weighted by atomic mass is 9.99. The molecule has 0 radical (unpaired) electrons. The molecular formula is C13H21N5O. The Morgan fingerprint density at radius 2 is 2.21 bits per heavy atom. The van der Waals surface area contributed by atoms with Gasteiger partial charge in [-0.05, 0) is 25.8 Å². The third-order valence-electron chi connectivity index (χ3n) is 4.21. The lowest BCUT2D eigenvalue weighted by Crippen LogP contribution is -2.41. The van der Waals surface area contributed by atoms with Crippen LogP contribution >= 0.6 is 0 Å². The molecular weight excluding hydrogens is 242 g/mol. The Labute approximate surface area is 113 Å². The summed E-state index contributed by atoms with van der Waals surface area (Å²) >= 11 is 0. The van der Waals surface area contributed by atoms with Crippen molar-refractivity contribution in [3.05, 3.63) is 6.33 Å². The van der Waals surface area contributed by atoms with Gasteiger partial charge in [0.15, 0.2) is 11.6 Å². The van der Waals surface area contributed by atoms with E-state index in [0.29, 0.717) is 29.5 Å². The maximum atomic E-state index is 5.81. The molecule has 2 atom stereocenters. The van der Waals surface area contributed by atoms with E-state index in [0.717, 1.165) is 6.42 Å². The molecule has 1 aromatic heterocycles. The Morgan fingerprint density at radius 1 is 1.32 bits per heavy atom. The van der Waals surface area contributed by atoms with Crippen molar-refractivity contribution in [2.45, 2.75) is 37.8 Å². The van der Waals surface area contributed by atoms with Crippen LogP contribution in [-0.4, -0.2) is 47.2 Å². The van der Waals surface area contributed by atoms with Crippen molar-refractivity contribution in [3.8, 4) is 5.75 Å². The largest absolute Gasteiger partial charge is 0.490 e. The van der Waals surface area contributed by atoms with Crippen LogP contribution in [0.3, 0.4) is 0 Å². The van der Waals surface area contributed by atoms with Crippen LogP contribution in [0.15, 0.2) is 6.33 Å². The van der Waals surface area contributed by atoms with Crippen molar-refractivity contribution >= 4 is 11.6 Å². The number of piperidine rings is 1. The molecule has 3 heterocycles. The maximum Gasteiger partial charge on any atom is 0.203 e. The van der Waals surface area contributed by atoms with Crippen molar-refractivity contribution in [1.29, 1.82) is 0 Å². The van der Waals surface area contributed by atoms with Gasteiger partial charge in [0, 0.05) is 18.6 Å². The minimum absolute atomic E-state index is 0.387. The number of hydrogen-bond acceptors (Lipinski definition) is 6. The van der Waals surface area contributed by atoms with Gasteiger partial charge in [-0.1, -0.05) is 6.42 Å². The number of nitrogen functional groups attached to an aromatic ring is 1. The number of aromatic nitrogens is 2. The summed E-state index contributed by atoms with van der Waals surface area (Å²) in [5.74, 6) is 1.66. The van der Waals surface area contributed by atoms with E-state index in [1.807, 2.05) is 0 Å². The molecule has 0 spiro atoms. The number of methoxy groups -OCH3 is 1. The highest BCUT2D eigenvalue weighted by Gasteiger charge is 2.36. The average molecular weight is 263 g/mol. The summed E-state index contributed by atoms with van der Waals surface area (Å²) in [6, 6.07) is 1.05. The van der Waals surface area contributed by atoms with E-state index in [4.69, 9.17) is 10.5 Å². The van der Waals surface area contributed by atoms with E-state index in [2.05, 4.69) is 20.2 Å². The highest BCUT2D eigenvalue weighted by Crippen LogP contribution is 2.32. The quantitative estimate of drug-likeness (QED) is 0.850. The monoisotopic (exact) mass is 263 g/mol. The lowest BCUT2D eigenvalue weighted by molar-refractivity contribution is 0.192. The smallest absolute Gasteiger partial charge is 0.203 e. The fraction of sp³-hybridized carbons (Fsp3) is 0.692. The second-order valence-corrected chi connectivity index (χ2v) is 5.28. The highest BCUT2D eigenvalue weighted by molar-refractivity contribution is 5.61. The first-order chi connectivity index (χ1) is 9.29. The molecule has 0 saturated carbocycles. The third-order valence-corrected chi connectivity index (χ3v) is 4.21. The molecule has 0 aliphatic carbocycles. The van der Waals surface area contributed by atoms with Crippen LogP contribution in [0.1, 0.15) is 25.7 Å². The molecule has 6 heteroatoms. The number of ether oxygens (including phenoxy) is 1. The fourth-order valence-electron chi connectivity index (χ4n) is 3.28. The molecule has 2 saturated heterocycles. The molecule has 3 rings (SSSR count). The molecule has 6 nitrogen and oxygen atoms in total. The number of fused-ring (bicyclic) bond motifs is 1. The van der Waals surface area contributed by atoms with Crippen molar-refractivity contribution in [2.24, 2.45) is 0 Å². The molecule has 0 aromatic carbocycles. The SMILES string of the molecule is COc1c(N)ncnc1NC1CCN2CCCCC12. The summed E-state index contributed by atoms with van der Waals surface area (Å²) < 4.78 is 5.30. The summed E-state index contributed by atoms with van der Waals surface area (Å²) in [5, 5.41) is 3.50. The van der Waals surface area contributed by atoms with Gasteiger partial charge in [0.25, 0.3) is 0 Å². The minimum atomic E-state index is 0.387. The number of nitrogens with two attached hydrogens (primary N) is 1. The first-order valence-electron chi connectivity index (χ1n) is 6.94. The number of nitrogens with zero attached hydrogens (tertiary/aromatic N) is 3. The Hall–Kier alpha value is -1.56. The highest BCUT2D eigenvalue weighted by atomic mass is 16.5. The minimum Gasteiger partial charge on any atom is -0.490 e. The lowest BCUT2D eigenvalue weighted by Gasteiger charge is -2.32. The van der Waals surface area contributed by atoms with E-state index in [9.17, 15) is 0 Å². The predicted octanol–water partition coefficient (Wildman–Crippen LogP) is 1.11. The number of hydrogen-bond donors (Lipinski definition) is 2. The molecule has 2 aliphatic heterocycles. The number of anilines is 2. The average Bonchev–Trinajstić information content (AvgIpc) is 2.83. The van der Waals surface area contributed by atoms with E-state index >= 15 is 0 Å². The van der Waals surface area contributed by atoms with Crippen molar-refractivity contribution in [3.63, 3.8) is 0 Å². The van der Waals surface area contributed by atoms with Gasteiger partial charge >= 0.3 is 0 Å². The van der Waals surface area contributed by atoms with Crippen LogP contribution in [0, 0.1) is 0 Å². The fourth-order valence-corrected chi connectivity index (χ4v) is 3.28. The third kappa shape index (κ3) is 2.32. The molecule has 0 amide bonds. The summed E-state index contributed by atoms with van der Waals surface area (Å²) in [4.78, 5) is 10.8. The molecule has 3 N–H and O–H groups in total. The molecule has 104 valence electrons. The number of nitrogens with one attached hydrogen (secondary N) is 1. The van der Waals surface area contributed by atoms with Gasteiger partial charge in [-0.25, -0.2) is 9.97 Å². The molecule has 0 bridgehead atoms. The van der Waals surface area contributed by atoms with Gasteiger partial charge in [-0.2, -0.15) is 0 Å². The van der Waals surface area contributed by atoms with Gasteiger partial charge in [-0.3, -0.25) is 4.90 Å². The van der Waals surface area contributed by atoms with Crippen LogP contribution in [0.5, 0.6) is 5.75 Å². The maximum absolute atomic E-state index is 5.81. The molecule has 1 aromatic rings. The predicted molar refractivity (Wildman–Crippen MR) is 74.2 cm³/mol. The second-order valence-electron chi connectivity index (χ2n) is 5.28. The second kappa shape index (κ2) is 5.21. The van der Waals surface area contributed by atoms with Gasteiger partial charge < -0.3 is 15.8 Å². The Kier molecular flexibility index (Phi) is 3.42. The van der Waals surface area contributed by atoms with Gasteiger partial charge in [-0.15, -0.1) is 0 Å². The standard InChI is InChI=1S/C13H21N5O/c1-19-11-12(14)15-8-16-13(11)17-9-5-7-18-6-3-2-4-10(9)18/h8-10H,2-7H2,1H3,(H3,14,15,16,17). The molecule has 2 aliphatic rings. The number of rotatable bonds is 3. The zero-order valence-electron chi connectivity index (χ0n) is 11.3. The van der Waals surface area contributed by atoms with Crippen LogP contribution < -0.4 is 15.8 Å². The van der Waals surface area contributed by atoms with Gasteiger partial charge in [0.2, 0.25) is 5.75 Å². The van der Waals surface area contributed by atoms with Crippen LogP contribution in [0.25, 0.3) is 0 Å². The zero-order chi connectivity index (χ0) is 13.2. The van der Waals surface area contributed by atoms with Crippen molar-refractivity contribution < 1.29 is 4.74 Å². The van der Waals surface area contributed by atoms with Crippen molar-refractivity contribution in [2.75, 3.05) is 31.2 Å². The van der Waals surface area contributed by atoms with E-state index in [1.165, 1.54) is 38.7 Å². The van der Waals surface area contributed by atoms with Crippen molar-refractivity contribution in [1.82, 2.24) is 14.9 Å². The first kappa shape index (κ1) is 12.5.